The quantitative estimate of drug-likeness (QED) is 0.747. The summed E-state index contributed by atoms with van der Waals surface area (Å²) in [6.45, 7) is 0.544. The smallest absolute Gasteiger partial charge is 0.405 e. The Kier molecular flexibility index (Phi) is 7.94. The van der Waals surface area contributed by atoms with Crippen molar-refractivity contribution in [3.8, 4) is 5.75 Å². The molecular formula is C14H21ClF3N3O3S. The summed E-state index contributed by atoms with van der Waals surface area (Å²) in [5.74, 6) is 0.0794. The fourth-order valence-electron chi connectivity index (χ4n) is 2.55. The molecule has 1 aromatic carbocycles. The molecule has 11 heteroatoms. The second-order valence-electron chi connectivity index (χ2n) is 5.35. The molecule has 25 heavy (non-hydrogen) atoms. The molecule has 1 aromatic rings. The van der Waals surface area contributed by atoms with Crippen molar-refractivity contribution in [1.29, 1.82) is 0 Å². The van der Waals surface area contributed by atoms with Gasteiger partial charge in [-0.25, -0.2) is 13.1 Å². The molecule has 1 unspecified atom stereocenters. The Balaban J connectivity index is 0.00000312. The molecule has 2 rings (SSSR count). The molecule has 0 radical (unpaired) electrons. The molecule has 0 spiro atoms. The van der Waals surface area contributed by atoms with Crippen molar-refractivity contribution in [2.45, 2.75) is 17.1 Å². The fraction of sp³-hybridized carbons (Fsp3) is 0.571. The number of methoxy groups -OCH3 is 1. The third-order valence-electron chi connectivity index (χ3n) is 3.80. The zero-order valence-electron chi connectivity index (χ0n) is 13.5. The average molecular weight is 404 g/mol. The Bertz CT molecular complexity index is 652. The topological polar surface area (TPSA) is 70.7 Å². The number of hydrogen-bond acceptors (Lipinski definition) is 5. The number of rotatable bonds is 6. The van der Waals surface area contributed by atoms with Crippen LogP contribution in [0.3, 0.4) is 0 Å². The van der Waals surface area contributed by atoms with E-state index in [0.29, 0.717) is 13.1 Å². The van der Waals surface area contributed by atoms with Crippen molar-refractivity contribution in [2.75, 3.05) is 39.8 Å². The van der Waals surface area contributed by atoms with Crippen molar-refractivity contribution < 1.29 is 26.3 Å². The first-order valence-electron chi connectivity index (χ1n) is 7.40. The highest BCUT2D eigenvalue weighted by Crippen LogP contribution is 2.26. The Morgan fingerprint density at radius 1 is 1.28 bits per heavy atom. The number of piperazine rings is 1. The number of hydrogen-bond donors (Lipinski definition) is 2. The number of nitrogens with one attached hydrogen (secondary N) is 2. The van der Waals surface area contributed by atoms with E-state index in [9.17, 15) is 21.6 Å². The molecule has 2 N–H and O–H groups in total. The van der Waals surface area contributed by atoms with E-state index < -0.39 is 28.8 Å². The molecule has 1 aliphatic heterocycles. The molecule has 0 aromatic heterocycles. The molecule has 0 saturated carbocycles. The standard InChI is InChI=1S/C14H20F3N3O3S.ClH/c1-23-11-4-2-3-5-12(11)24(21,22)19-10-13(14(15,16)17)20-8-6-18-7-9-20;/h2-5,13,18-19H,6-10H2,1H3;1H. The second-order valence-corrected chi connectivity index (χ2v) is 7.08. The largest absolute Gasteiger partial charge is 0.495 e. The zero-order chi connectivity index (χ0) is 17.8. The van der Waals surface area contributed by atoms with Gasteiger partial charge in [-0.15, -0.1) is 12.4 Å². The molecule has 1 heterocycles. The average Bonchev–Trinajstić information content (AvgIpc) is 2.54. The van der Waals surface area contributed by atoms with Gasteiger partial charge < -0.3 is 10.1 Å². The summed E-state index contributed by atoms with van der Waals surface area (Å²) < 4.78 is 71.6. The maximum atomic E-state index is 13.3. The molecule has 1 atom stereocenters. The summed E-state index contributed by atoms with van der Waals surface area (Å²) in [5, 5.41) is 2.97. The van der Waals surface area contributed by atoms with Crippen LogP contribution in [0.1, 0.15) is 0 Å². The number of halogens is 4. The van der Waals surface area contributed by atoms with E-state index in [1.807, 2.05) is 0 Å². The molecule has 1 saturated heterocycles. The van der Waals surface area contributed by atoms with Gasteiger partial charge in [0.1, 0.15) is 16.7 Å². The number of benzene rings is 1. The number of nitrogens with zero attached hydrogens (tertiary/aromatic N) is 1. The van der Waals surface area contributed by atoms with Gasteiger partial charge in [0.2, 0.25) is 10.0 Å². The van der Waals surface area contributed by atoms with Gasteiger partial charge in [0.25, 0.3) is 0 Å². The molecule has 144 valence electrons. The Morgan fingerprint density at radius 3 is 2.44 bits per heavy atom. The van der Waals surface area contributed by atoms with E-state index in [0.717, 1.165) is 0 Å². The predicted molar refractivity (Wildman–Crippen MR) is 89.7 cm³/mol. The highest BCUT2D eigenvalue weighted by atomic mass is 35.5. The molecule has 0 amide bonds. The van der Waals surface area contributed by atoms with Gasteiger partial charge in [0.05, 0.1) is 7.11 Å². The van der Waals surface area contributed by atoms with E-state index in [2.05, 4.69) is 10.0 Å². The molecular weight excluding hydrogens is 383 g/mol. The van der Waals surface area contributed by atoms with Crippen LogP contribution in [0.5, 0.6) is 5.75 Å². The minimum atomic E-state index is -4.53. The monoisotopic (exact) mass is 403 g/mol. The Hall–Kier alpha value is -1.07. The van der Waals surface area contributed by atoms with E-state index in [4.69, 9.17) is 4.74 Å². The highest BCUT2D eigenvalue weighted by molar-refractivity contribution is 7.89. The lowest BCUT2D eigenvalue weighted by atomic mass is 10.2. The van der Waals surface area contributed by atoms with E-state index in [1.165, 1.54) is 30.2 Å². The van der Waals surface area contributed by atoms with E-state index in [-0.39, 0.29) is 36.1 Å². The first kappa shape index (κ1) is 22.0. The Labute approximate surface area is 151 Å². The first-order chi connectivity index (χ1) is 11.3. The SMILES string of the molecule is COc1ccccc1S(=O)(=O)NCC(N1CCNCC1)C(F)(F)F.Cl. The summed E-state index contributed by atoms with van der Waals surface area (Å²) in [4.78, 5) is 1.05. The maximum Gasteiger partial charge on any atom is 0.405 e. The summed E-state index contributed by atoms with van der Waals surface area (Å²) in [7, 11) is -2.82. The lowest BCUT2D eigenvalue weighted by Crippen LogP contribution is -2.57. The number of ether oxygens (including phenoxy) is 1. The van der Waals surface area contributed by atoms with Gasteiger partial charge in [-0.3, -0.25) is 4.90 Å². The van der Waals surface area contributed by atoms with E-state index in [1.54, 1.807) is 6.07 Å². The van der Waals surface area contributed by atoms with Crippen LogP contribution in [0.4, 0.5) is 13.2 Å². The molecule has 0 bridgehead atoms. The lowest BCUT2D eigenvalue weighted by Gasteiger charge is -2.35. The fourth-order valence-corrected chi connectivity index (χ4v) is 3.76. The number of sulfonamides is 1. The summed E-state index contributed by atoms with van der Waals surface area (Å²) >= 11 is 0. The van der Waals surface area contributed by atoms with Gasteiger partial charge in [0, 0.05) is 32.7 Å². The molecule has 6 nitrogen and oxygen atoms in total. The lowest BCUT2D eigenvalue weighted by molar-refractivity contribution is -0.182. The van der Waals surface area contributed by atoms with Gasteiger partial charge in [-0.05, 0) is 12.1 Å². The van der Waals surface area contributed by atoms with Crippen molar-refractivity contribution in [3.05, 3.63) is 24.3 Å². The summed E-state index contributed by atoms with van der Waals surface area (Å²) in [5.41, 5.74) is 0. The summed E-state index contributed by atoms with van der Waals surface area (Å²) in [6.07, 6.45) is -4.53. The van der Waals surface area contributed by atoms with Crippen LogP contribution in [0.15, 0.2) is 29.2 Å². The third kappa shape index (κ3) is 5.71. The van der Waals surface area contributed by atoms with Gasteiger partial charge >= 0.3 is 6.18 Å². The van der Waals surface area contributed by atoms with Gasteiger partial charge in [-0.1, -0.05) is 12.1 Å². The van der Waals surface area contributed by atoms with Crippen LogP contribution in [0, 0.1) is 0 Å². The predicted octanol–water partition coefficient (Wildman–Crippen LogP) is 1.23. The maximum absolute atomic E-state index is 13.3. The number of para-hydroxylation sites is 1. The van der Waals surface area contributed by atoms with Crippen LogP contribution in [0.25, 0.3) is 0 Å². The zero-order valence-corrected chi connectivity index (χ0v) is 15.2. The van der Waals surface area contributed by atoms with Crippen LogP contribution in [0.2, 0.25) is 0 Å². The molecule has 0 aliphatic carbocycles. The third-order valence-corrected chi connectivity index (χ3v) is 5.26. The van der Waals surface area contributed by atoms with E-state index >= 15 is 0 Å². The van der Waals surface area contributed by atoms with Gasteiger partial charge in [0.15, 0.2) is 0 Å². The Morgan fingerprint density at radius 2 is 1.88 bits per heavy atom. The van der Waals surface area contributed by atoms with Crippen LogP contribution >= 0.6 is 12.4 Å². The molecule has 1 aliphatic rings. The summed E-state index contributed by atoms with van der Waals surface area (Å²) in [6, 6.07) is 3.91. The van der Waals surface area contributed by atoms with Crippen molar-refractivity contribution in [1.82, 2.24) is 14.9 Å². The number of alkyl halides is 3. The molecule has 1 fully saturated rings. The van der Waals surface area contributed by atoms with Crippen LogP contribution in [-0.2, 0) is 10.0 Å². The minimum absolute atomic E-state index is 0. The highest BCUT2D eigenvalue weighted by Gasteiger charge is 2.44. The normalized spacial score (nSPS) is 17.6. The first-order valence-corrected chi connectivity index (χ1v) is 8.88. The minimum Gasteiger partial charge on any atom is -0.495 e. The van der Waals surface area contributed by atoms with Gasteiger partial charge in [-0.2, -0.15) is 13.2 Å². The van der Waals surface area contributed by atoms with Crippen molar-refractivity contribution in [2.24, 2.45) is 0 Å². The van der Waals surface area contributed by atoms with Crippen LogP contribution in [-0.4, -0.2) is 65.4 Å². The second kappa shape index (κ2) is 9.04. The van der Waals surface area contributed by atoms with Crippen molar-refractivity contribution >= 4 is 22.4 Å². The van der Waals surface area contributed by atoms with Crippen LogP contribution < -0.4 is 14.8 Å². The van der Waals surface area contributed by atoms with Crippen molar-refractivity contribution in [3.63, 3.8) is 0 Å².